The maximum Gasteiger partial charge on any atom is 0.0458 e. The zero-order valence-electron chi connectivity index (χ0n) is 13.6. The Morgan fingerprint density at radius 2 is 1.52 bits per heavy atom. The van der Waals surface area contributed by atoms with Crippen LogP contribution >= 0.6 is 0 Å². The summed E-state index contributed by atoms with van der Waals surface area (Å²) in [4.78, 5) is 2.47. The lowest BCUT2D eigenvalue weighted by atomic mass is 9.99. The molecule has 0 spiro atoms. The first kappa shape index (κ1) is 15.8. The monoisotopic (exact) mass is 311 g/mol. The molecule has 3 rings (SSSR count). The van der Waals surface area contributed by atoms with E-state index in [1.165, 1.54) is 18.5 Å². The van der Waals surface area contributed by atoms with Crippen LogP contribution < -0.4 is 15.7 Å². The van der Waals surface area contributed by atoms with E-state index >= 15 is 0 Å². The Morgan fingerprint density at radius 1 is 0.957 bits per heavy atom. The van der Waals surface area contributed by atoms with Gasteiger partial charge in [-0.2, -0.15) is 0 Å². The van der Waals surface area contributed by atoms with Gasteiger partial charge < -0.3 is 15.4 Å². The summed E-state index contributed by atoms with van der Waals surface area (Å²) in [5.74, 6) is 0.858. The number of hydrogen-bond acceptors (Lipinski definition) is 4. The minimum Gasteiger partial charge on any atom is -0.372 e. The molecule has 122 valence electrons. The van der Waals surface area contributed by atoms with Crippen LogP contribution in [0.1, 0.15) is 25.3 Å². The van der Waals surface area contributed by atoms with Gasteiger partial charge in [-0.25, -0.2) is 5.48 Å². The predicted octanol–water partition coefficient (Wildman–Crippen LogP) is 4.15. The van der Waals surface area contributed by atoms with Crippen LogP contribution in [-0.4, -0.2) is 18.3 Å². The highest BCUT2D eigenvalue weighted by atomic mass is 16.5. The van der Waals surface area contributed by atoms with Crippen molar-refractivity contribution in [2.24, 2.45) is 5.92 Å². The van der Waals surface area contributed by atoms with Crippen molar-refractivity contribution in [3.8, 4) is 0 Å². The number of nitrogens with zero attached hydrogens (tertiary/aromatic N) is 1. The second-order valence-electron chi connectivity index (χ2n) is 6.37. The topological polar surface area (TPSA) is 47.5 Å². The Kier molecular flexibility index (Phi) is 5.16. The minimum atomic E-state index is 0.462. The normalized spacial score (nSPS) is 15.7. The highest BCUT2D eigenvalue weighted by Crippen LogP contribution is 2.25. The molecule has 2 aromatic rings. The third-order valence-electron chi connectivity index (χ3n) is 4.54. The van der Waals surface area contributed by atoms with Crippen molar-refractivity contribution in [1.82, 2.24) is 5.48 Å². The first-order valence-corrected chi connectivity index (χ1v) is 8.32. The molecule has 23 heavy (non-hydrogen) atoms. The van der Waals surface area contributed by atoms with E-state index < -0.39 is 0 Å². The van der Waals surface area contributed by atoms with Crippen LogP contribution in [0.4, 0.5) is 17.1 Å². The fourth-order valence-corrected chi connectivity index (χ4v) is 2.99. The fraction of sp³-hybridized carbons (Fsp3) is 0.368. The quantitative estimate of drug-likeness (QED) is 0.726. The van der Waals surface area contributed by atoms with E-state index in [4.69, 9.17) is 5.21 Å². The second-order valence-corrected chi connectivity index (χ2v) is 6.37. The van der Waals surface area contributed by atoms with Crippen molar-refractivity contribution < 1.29 is 5.21 Å². The number of rotatable bonds is 5. The van der Waals surface area contributed by atoms with Crippen LogP contribution in [-0.2, 0) is 6.54 Å². The van der Waals surface area contributed by atoms with Crippen molar-refractivity contribution in [3.63, 3.8) is 0 Å². The molecule has 4 heteroatoms. The number of benzene rings is 2. The molecule has 0 unspecified atom stereocenters. The molecule has 0 bridgehead atoms. The van der Waals surface area contributed by atoms with Crippen LogP contribution in [0.15, 0.2) is 48.5 Å². The van der Waals surface area contributed by atoms with E-state index in [0.29, 0.717) is 6.54 Å². The Morgan fingerprint density at radius 3 is 2.09 bits per heavy atom. The van der Waals surface area contributed by atoms with Crippen LogP contribution in [0.3, 0.4) is 0 Å². The van der Waals surface area contributed by atoms with Crippen LogP contribution in [0.5, 0.6) is 0 Å². The summed E-state index contributed by atoms with van der Waals surface area (Å²) in [6.07, 6.45) is 2.57. The van der Waals surface area contributed by atoms with E-state index in [9.17, 15) is 0 Å². The fourth-order valence-electron chi connectivity index (χ4n) is 2.99. The average Bonchev–Trinajstić information content (AvgIpc) is 2.58. The highest BCUT2D eigenvalue weighted by molar-refractivity contribution is 5.63. The summed E-state index contributed by atoms with van der Waals surface area (Å²) in [6, 6.07) is 16.7. The van der Waals surface area contributed by atoms with Gasteiger partial charge >= 0.3 is 0 Å². The standard InChI is InChI=1S/C19H25N3O/c1-15-10-12-22(13-11-15)19-8-6-18(7-9-19)21-17-4-2-16(3-5-17)14-20-23/h2-9,15,20-21,23H,10-14H2,1H3. The molecule has 0 amide bonds. The van der Waals surface area contributed by atoms with Crippen molar-refractivity contribution in [2.45, 2.75) is 26.3 Å². The van der Waals surface area contributed by atoms with Crippen molar-refractivity contribution in [2.75, 3.05) is 23.3 Å². The Bertz CT molecular complexity index is 602. The summed E-state index contributed by atoms with van der Waals surface area (Å²) in [5.41, 5.74) is 6.67. The molecule has 1 saturated heterocycles. The maximum absolute atomic E-state index is 8.70. The molecule has 1 fully saturated rings. The maximum atomic E-state index is 8.70. The van der Waals surface area contributed by atoms with E-state index in [0.717, 1.165) is 35.9 Å². The average molecular weight is 311 g/mol. The SMILES string of the molecule is CC1CCN(c2ccc(Nc3ccc(CNO)cc3)cc2)CC1. The molecule has 0 aliphatic carbocycles. The van der Waals surface area contributed by atoms with E-state index in [2.05, 4.69) is 46.9 Å². The zero-order chi connectivity index (χ0) is 16.1. The summed E-state index contributed by atoms with van der Waals surface area (Å²) >= 11 is 0. The van der Waals surface area contributed by atoms with Gasteiger partial charge in [0.05, 0.1) is 0 Å². The van der Waals surface area contributed by atoms with Crippen LogP contribution in [0.2, 0.25) is 0 Å². The predicted molar refractivity (Wildman–Crippen MR) is 95.4 cm³/mol. The van der Waals surface area contributed by atoms with Gasteiger partial charge in [0.15, 0.2) is 0 Å². The Labute approximate surface area is 138 Å². The lowest BCUT2D eigenvalue weighted by molar-refractivity contribution is 0.161. The number of nitrogens with one attached hydrogen (secondary N) is 2. The largest absolute Gasteiger partial charge is 0.372 e. The van der Waals surface area contributed by atoms with Crippen LogP contribution in [0, 0.1) is 5.92 Å². The molecule has 4 nitrogen and oxygen atoms in total. The summed E-state index contributed by atoms with van der Waals surface area (Å²) < 4.78 is 0. The molecular weight excluding hydrogens is 286 g/mol. The molecule has 1 aliphatic heterocycles. The van der Waals surface area contributed by atoms with Gasteiger partial charge in [-0.1, -0.05) is 19.1 Å². The number of anilines is 3. The third-order valence-corrected chi connectivity index (χ3v) is 4.54. The molecule has 1 heterocycles. The number of hydrogen-bond donors (Lipinski definition) is 3. The summed E-state index contributed by atoms with van der Waals surface area (Å²) in [6.45, 7) is 5.12. The van der Waals surface area contributed by atoms with E-state index in [1.807, 2.05) is 24.3 Å². The molecule has 3 N–H and O–H groups in total. The first-order chi connectivity index (χ1) is 11.2. The van der Waals surface area contributed by atoms with Gasteiger partial charge in [0.1, 0.15) is 0 Å². The van der Waals surface area contributed by atoms with Gasteiger partial charge in [-0.15, -0.1) is 0 Å². The van der Waals surface area contributed by atoms with Gasteiger partial charge in [0.2, 0.25) is 0 Å². The molecule has 0 saturated carbocycles. The molecule has 1 aliphatic rings. The van der Waals surface area contributed by atoms with Gasteiger partial charge in [-0.05, 0) is 60.7 Å². The lowest BCUT2D eigenvalue weighted by Gasteiger charge is -2.32. The van der Waals surface area contributed by atoms with E-state index in [-0.39, 0.29) is 0 Å². The molecule has 0 atom stereocenters. The van der Waals surface area contributed by atoms with Crippen molar-refractivity contribution >= 4 is 17.1 Å². The number of piperidine rings is 1. The molecule has 0 aromatic heterocycles. The second kappa shape index (κ2) is 7.49. The van der Waals surface area contributed by atoms with Gasteiger partial charge in [-0.3, -0.25) is 0 Å². The van der Waals surface area contributed by atoms with Gasteiger partial charge in [0.25, 0.3) is 0 Å². The third kappa shape index (κ3) is 4.24. The number of hydroxylamine groups is 1. The summed E-state index contributed by atoms with van der Waals surface area (Å²) in [7, 11) is 0. The molecular formula is C19H25N3O. The summed E-state index contributed by atoms with van der Waals surface area (Å²) in [5, 5.41) is 12.1. The van der Waals surface area contributed by atoms with Crippen LogP contribution in [0.25, 0.3) is 0 Å². The minimum absolute atomic E-state index is 0.462. The Balaban J connectivity index is 1.60. The Hall–Kier alpha value is -2.04. The first-order valence-electron chi connectivity index (χ1n) is 8.32. The molecule has 2 aromatic carbocycles. The van der Waals surface area contributed by atoms with Crippen molar-refractivity contribution in [3.05, 3.63) is 54.1 Å². The lowest BCUT2D eigenvalue weighted by Crippen LogP contribution is -2.32. The highest BCUT2D eigenvalue weighted by Gasteiger charge is 2.15. The zero-order valence-corrected chi connectivity index (χ0v) is 13.6. The van der Waals surface area contributed by atoms with Crippen molar-refractivity contribution in [1.29, 1.82) is 0 Å². The molecule has 0 radical (unpaired) electrons. The van der Waals surface area contributed by atoms with Gasteiger partial charge in [0, 0.05) is 36.7 Å². The smallest absolute Gasteiger partial charge is 0.0458 e. The van der Waals surface area contributed by atoms with E-state index in [1.54, 1.807) is 0 Å².